The Morgan fingerprint density at radius 2 is 1.66 bits per heavy atom. The Bertz CT molecular complexity index is 1270. The van der Waals surface area contributed by atoms with E-state index in [0.717, 1.165) is 39.3 Å². The molecule has 1 aliphatic rings. The number of aromatic nitrogens is 1. The maximum atomic E-state index is 13.7. The molecule has 0 saturated heterocycles. The zero-order chi connectivity index (χ0) is 22.2. The fourth-order valence-electron chi connectivity index (χ4n) is 4.58. The van der Waals surface area contributed by atoms with Crippen molar-refractivity contribution in [2.75, 3.05) is 5.32 Å². The lowest BCUT2D eigenvalue weighted by molar-refractivity contribution is 0.194. The number of hydrogen-bond acceptors (Lipinski definition) is 1. The molecule has 1 aromatic heterocycles. The SMILES string of the molecule is Cc1cc(C)cc(NC(=O)N2Cc3ccccc3-n3cccc3[C@H]2c2ccc(F)cc2)c1. The first kappa shape index (κ1) is 20.1. The molecule has 0 bridgehead atoms. The second kappa shape index (κ2) is 8.00. The van der Waals surface area contributed by atoms with Gasteiger partial charge in [-0.05, 0) is 78.6 Å². The van der Waals surface area contributed by atoms with Gasteiger partial charge in [0.25, 0.3) is 0 Å². The van der Waals surface area contributed by atoms with Crippen LogP contribution in [0.5, 0.6) is 0 Å². The number of para-hydroxylation sites is 1. The second-order valence-corrected chi connectivity index (χ2v) is 8.32. The highest BCUT2D eigenvalue weighted by Crippen LogP contribution is 2.37. The quantitative estimate of drug-likeness (QED) is 0.398. The van der Waals surface area contributed by atoms with Crippen LogP contribution in [0.25, 0.3) is 5.69 Å². The van der Waals surface area contributed by atoms with Gasteiger partial charge in [-0.15, -0.1) is 0 Å². The number of carbonyl (C=O) groups is 1. The van der Waals surface area contributed by atoms with Crippen molar-refractivity contribution in [3.8, 4) is 5.69 Å². The number of benzene rings is 3. The average molecular weight is 426 g/mol. The average Bonchev–Trinajstić information content (AvgIpc) is 3.18. The van der Waals surface area contributed by atoms with Crippen LogP contribution in [0.1, 0.15) is 34.0 Å². The maximum Gasteiger partial charge on any atom is 0.322 e. The van der Waals surface area contributed by atoms with Crippen LogP contribution < -0.4 is 5.32 Å². The largest absolute Gasteiger partial charge is 0.322 e. The van der Waals surface area contributed by atoms with E-state index in [4.69, 9.17) is 0 Å². The number of fused-ring (bicyclic) bond motifs is 3. The molecule has 2 heterocycles. The van der Waals surface area contributed by atoms with E-state index in [9.17, 15) is 9.18 Å². The normalized spacial score (nSPS) is 15.0. The number of anilines is 1. The Balaban J connectivity index is 1.62. The van der Waals surface area contributed by atoms with Gasteiger partial charge in [-0.3, -0.25) is 0 Å². The smallest absolute Gasteiger partial charge is 0.318 e. The summed E-state index contributed by atoms with van der Waals surface area (Å²) in [7, 11) is 0. The van der Waals surface area contributed by atoms with Gasteiger partial charge in [-0.25, -0.2) is 9.18 Å². The summed E-state index contributed by atoms with van der Waals surface area (Å²) in [6, 6.07) is 23.9. The number of rotatable bonds is 2. The molecule has 1 atom stereocenters. The minimum Gasteiger partial charge on any atom is -0.318 e. The highest BCUT2D eigenvalue weighted by molar-refractivity contribution is 5.90. The molecule has 1 N–H and O–H groups in total. The third-order valence-electron chi connectivity index (χ3n) is 5.88. The predicted molar refractivity (Wildman–Crippen MR) is 124 cm³/mol. The molecule has 0 fully saturated rings. The Hall–Kier alpha value is -3.86. The number of nitrogens with one attached hydrogen (secondary N) is 1. The molecule has 32 heavy (non-hydrogen) atoms. The third-order valence-corrected chi connectivity index (χ3v) is 5.88. The standard InChI is InChI=1S/C27H24FN3O/c1-18-14-19(2)16-23(15-18)29-27(32)31-17-21-6-3-4-7-24(21)30-13-5-8-25(30)26(31)20-9-11-22(28)12-10-20/h3-16,26H,17H2,1-2H3,(H,29,32)/t26-/m1/s1. The maximum absolute atomic E-state index is 13.7. The van der Waals surface area contributed by atoms with Gasteiger partial charge in [-0.2, -0.15) is 0 Å². The van der Waals surface area contributed by atoms with Gasteiger partial charge in [-0.1, -0.05) is 36.4 Å². The topological polar surface area (TPSA) is 37.3 Å². The lowest BCUT2D eigenvalue weighted by atomic mass is 10.0. The Labute approximate surface area is 186 Å². The molecular formula is C27H24FN3O. The number of aryl methyl sites for hydroxylation is 2. The van der Waals surface area contributed by atoms with E-state index in [1.165, 1.54) is 12.1 Å². The molecule has 0 radical (unpaired) electrons. The highest BCUT2D eigenvalue weighted by atomic mass is 19.1. The van der Waals surface area contributed by atoms with Gasteiger partial charge >= 0.3 is 6.03 Å². The lowest BCUT2D eigenvalue weighted by Gasteiger charge is -2.31. The summed E-state index contributed by atoms with van der Waals surface area (Å²) >= 11 is 0. The van der Waals surface area contributed by atoms with Crippen molar-refractivity contribution >= 4 is 11.7 Å². The molecule has 2 amide bonds. The van der Waals surface area contributed by atoms with Crippen molar-refractivity contribution in [1.82, 2.24) is 9.47 Å². The van der Waals surface area contributed by atoms with E-state index < -0.39 is 0 Å². The molecule has 5 rings (SSSR count). The van der Waals surface area contributed by atoms with Crippen molar-refractivity contribution in [2.24, 2.45) is 0 Å². The van der Waals surface area contributed by atoms with Gasteiger partial charge in [0, 0.05) is 17.6 Å². The Morgan fingerprint density at radius 3 is 2.41 bits per heavy atom. The molecule has 0 aliphatic carbocycles. The number of halogens is 1. The van der Waals surface area contributed by atoms with Crippen molar-refractivity contribution < 1.29 is 9.18 Å². The lowest BCUT2D eigenvalue weighted by Crippen LogP contribution is -2.38. The molecule has 0 spiro atoms. The molecule has 3 aromatic carbocycles. The van der Waals surface area contributed by atoms with Crippen molar-refractivity contribution in [1.29, 1.82) is 0 Å². The second-order valence-electron chi connectivity index (χ2n) is 8.32. The minimum atomic E-state index is -0.371. The summed E-state index contributed by atoms with van der Waals surface area (Å²) in [6.45, 7) is 4.45. The third kappa shape index (κ3) is 3.66. The molecule has 0 unspecified atom stereocenters. The van der Waals surface area contributed by atoms with Crippen molar-refractivity contribution in [2.45, 2.75) is 26.4 Å². The summed E-state index contributed by atoms with van der Waals surface area (Å²) in [4.78, 5) is 15.5. The summed E-state index contributed by atoms with van der Waals surface area (Å²) in [5.74, 6) is -0.299. The summed E-state index contributed by atoms with van der Waals surface area (Å²) < 4.78 is 15.8. The van der Waals surface area contributed by atoms with Crippen molar-refractivity contribution in [3.05, 3.63) is 119 Å². The minimum absolute atomic E-state index is 0.200. The van der Waals surface area contributed by atoms with Gasteiger partial charge in [0.15, 0.2) is 0 Å². The van der Waals surface area contributed by atoms with Crippen LogP contribution in [0.2, 0.25) is 0 Å². The highest BCUT2D eigenvalue weighted by Gasteiger charge is 2.33. The van der Waals surface area contributed by atoms with Gasteiger partial charge < -0.3 is 14.8 Å². The van der Waals surface area contributed by atoms with Gasteiger partial charge in [0.05, 0.1) is 18.3 Å². The first-order valence-corrected chi connectivity index (χ1v) is 10.7. The molecule has 0 saturated carbocycles. The fourth-order valence-corrected chi connectivity index (χ4v) is 4.58. The van der Waals surface area contributed by atoms with E-state index in [1.807, 2.05) is 67.4 Å². The van der Waals surface area contributed by atoms with Crippen LogP contribution in [0.3, 0.4) is 0 Å². The molecule has 160 valence electrons. The van der Waals surface area contributed by atoms with E-state index in [2.05, 4.69) is 22.0 Å². The molecule has 4 nitrogen and oxygen atoms in total. The molecular weight excluding hydrogens is 401 g/mol. The number of hydrogen-bond donors (Lipinski definition) is 1. The van der Waals surface area contributed by atoms with E-state index in [-0.39, 0.29) is 17.9 Å². The van der Waals surface area contributed by atoms with Crippen LogP contribution in [0, 0.1) is 19.7 Å². The number of urea groups is 1. The van der Waals surface area contributed by atoms with Crippen LogP contribution in [0.15, 0.2) is 85.1 Å². The monoisotopic (exact) mass is 425 g/mol. The van der Waals surface area contributed by atoms with Crippen LogP contribution in [0.4, 0.5) is 14.9 Å². The summed E-state index contributed by atoms with van der Waals surface area (Å²) in [5.41, 5.74) is 6.84. The summed E-state index contributed by atoms with van der Waals surface area (Å²) in [5, 5.41) is 3.09. The van der Waals surface area contributed by atoms with E-state index >= 15 is 0 Å². The molecule has 5 heteroatoms. The Morgan fingerprint density at radius 1 is 0.938 bits per heavy atom. The van der Waals surface area contributed by atoms with E-state index in [1.54, 1.807) is 12.1 Å². The zero-order valence-corrected chi connectivity index (χ0v) is 18.0. The first-order chi connectivity index (χ1) is 15.5. The number of nitrogens with zero attached hydrogens (tertiary/aromatic N) is 2. The van der Waals surface area contributed by atoms with Crippen LogP contribution >= 0.6 is 0 Å². The van der Waals surface area contributed by atoms with Gasteiger partial charge in [0.2, 0.25) is 0 Å². The first-order valence-electron chi connectivity index (χ1n) is 10.7. The summed E-state index contributed by atoms with van der Waals surface area (Å²) in [6.07, 6.45) is 2.01. The van der Waals surface area contributed by atoms with E-state index in [0.29, 0.717) is 6.54 Å². The predicted octanol–water partition coefficient (Wildman–Crippen LogP) is 6.37. The number of amides is 2. The van der Waals surface area contributed by atoms with Gasteiger partial charge in [0.1, 0.15) is 5.82 Å². The van der Waals surface area contributed by atoms with Crippen molar-refractivity contribution in [3.63, 3.8) is 0 Å². The zero-order valence-electron chi connectivity index (χ0n) is 18.0. The Kier molecular flexibility index (Phi) is 5.02. The molecule has 4 aromatic rings. The van der Waals surface area contributed by atoms with Crippen LogP contribution in [-0.4, -0.2) is 15.5 Å². The fraction of sp³-hybridized carbons (Fsp3) is 0.148. The number of carbonyl (C=O) groups excluding carboxylic acids is 1. The van der Waals surface area contributed by atoms with Crippen LogP contribution in [-0.2, 0) is 6.54 Å². The molecule has 1 aliphatic heterocycles.